The molecular formula is C36H39FN4O4. The van der Waals surface area contributed by atoms with E-state index in [2.05, 4.69) is 10.3 Å². The first-order chi connectivity index (χ1) is 21.4. The number of halogens is 1. The molecule has 9 heteroatoms. The van der Waals surface area contributed by atoms with E-state index in [0.29, 0.717) is 41.9 Å². The number of fused-ring (bicyclic) bond motifs is 1. The summed E-state index contributed by atoms with van der Waals surface area (Å²) in [4.78, 5) is 46.8. The molecule has 1 saturated heterocycles. The summed E-state index contributed by atoms with van der Waals surface area (Å²) in [5, 5.41) is 3.89. The Hall–Kier alpha value is -4.53. The number of likely N-dealkylation sites (tertiary alicyclic amines) is 1. The predicted octanol–water partition coefficient (Wildman–Crippen LogP) is 6.45. The zero-order chi connectivity index (χ0) is 31.9. The SMILES string of the molecule is CC(C)(C)OC(=O)n1c(CC(=O)N2CCC[C@H]2C(=O)N[C@@H](c2ccccc2)c2ccc(C3(C)CC3)c(F)n2)cc2ccccc21. The van der Waals surface area contributed by atoms with Gasteiger partial charge in [-0.05, 0) is 75.6 Å². The van der Waals surface area contributed by atoms with Crippen molar-refractivity contribution in [3.8, 4) is 0 Å². The van der Waals surface area contributed by atoms with Crippen molar-refractivity contribution < 1.29 is 23.5 Å². The number of hydrogen-bond acceptors (Lipinski definition) is 5. The maximum Gasteiger partial charge on any atom is 0.419 e. The van der Waals surface area contributed by atoms with E-state index in [0.717, 1.165) is 23.8 Å². The van der Waals surface area contributed by atoms with E-state index in [4.69, 9.17) is 4.74 Å². The van der Waals surface area contributed by atoms with E-state index in [-0.39, 0.29) is 23.7 Å². The third-order valence-electron chi connectivity index (χ3n) is 8.81. The van der Waals surface area contributed by atoms with Gasteiger partial charge in [0.1, 0.15) is 11.6 Å². The molecule has 1 N–H and O–H groups in total. The Labute approximate surface area is 262 Å². The first-order valence-corrected chi connectivity index (χ1v) is 15.6. The number of benzene rings is 2. The standard InChI is InChI=1S/C36H39FN4O4/c1-35(2,3)45-34(44)41-25(21-24-13-8-9-14-28(24)41)22-30(42)40-20-10-15-29(40)33(43)39-31(23-11-6-5-7-12-23)27-17-16-26(32(37)38-27)36(4)18-19-36/h5-9,11-14,16-17,21,29,31H,10,15,18-20,22H2,1-4H3,(H,39,43)/t29-,31-/m0/s1. The number of para-hydroxylation sites is 1. The van der Waals surface area contributed by atoms with Crippen LogP contribution in [0.4, 0.5) is 9.18 Å². The van der Waals surface area contributed by atoms with Gasteiger partial charge in [0, 0.05) is 23.2 Å². The number of carbonyl (C=O) groups is 3. The Kier molecular flexibility index (Phi) is 7.97. The number of amides is 2. The van der Waals surface area contributed by atoms with Crippen LogP contribution in [0.25, 0.3) is 10.9 Å². The highest BCUT2D eigenvalue weighted by atomic mass is 19.1. The van der Waals surface area contributed by atoms with E-state index >= 15 is 4.39 Å². The van der Waals surface area contributed by atoms with E-state index < -0.39 is 29.7 Å². The molecule has 1 saturated carbocycles. The molecule has 2 aromatic heterocycles. The first kappa shape index (κ1) is 30.5. The highest BCUT2D eigenvalue weighted by Gasteiger charge is 2.42. The van der Waals surface area contributed by atoms with Gasteiger partial charge in [-0.2, -0.15) is 4.39 Å². The zero-order valence-electron chi connectivity index (χ0n) is 26.2. The molecule has 0 spiro atoms. The number of pyridine rings is 1. The number of nitrogens with one attached hydrogen (secondary N) is 1. The van der Waals surface area contributed by atoms with Crippen LogP contribution in [0.5, 0.6) is 0 Å². The fourth-order valence-electron chi connectivity index (χ4n) is 6.19. The van der Waals surface area contributed by atoms with Crippen LogP contribution in [-0.2, 0) is 26.2 Å². The predicted molar refractivity (Wildman–Crippen MR) is 169 cm³/mol. The molecule has 45 heavy (non-hydrogen) atoms. The summed E-state index contributed by atoms with van der Waals surface area (Å²) < 4.78 is 22.3. The molecule has 1 aliphatic heterocycles. The van der Waals surface area contributed by atoms with E-state index in [1.807, 2.05) is 67.6 Å². The Morgan fingerprint density at radius 1 is 1.04 bits per heavy atom. The molecule has 1 aliphatic carbocycles. The van der Waals surface area contributed by atoms with Gasteiger partial charge in [0.2, 0.25) is 17.8 Å². The number of hydrogen-bond donors (Lipinski definition) is 1. The molecule has 4 aromatic rings. The number of rotatable bonds is 7. The fraction of sp³-hybridized carbons (Fsp3) is 0.389. The lowest BCUT2D eigenvalue weighted by Gasteiger charge is -2.27. The lowest BCUT2D eigenvalue weighted by Crippen LogP contribution is -2.47. The number of nitrogens with zero attached hydrogens (tertiary/aromatic N) is 3. The van der Waals surface area contributed by atoms with Crippen molar-refractivity contribution in [2.24, 2.45) is 0 Å². The summed E-state index contributed by atoms with van der Waals surface area (Å²) in [5.41, 5.74) is 2.01. The average molecular weight is 611 g/mol. The van der Waals surface area contributed by atoms with Gasteiger partial charge in [0.25, 0.3) is 0 Å². The molecule has 2 amide bonds. The average Bonchev–Trinajstić information content (AvgIpc) is 3.38. The van der Waals surface area contributed by atoms with Gasteiger partial charge in [0.05, 0.1) is 23.7 Å². The monoisotopic (exact) mass is 610 g/mol. The van der Waals surface area contributed by atoms with Crippen LogP contribution in [0.2, 0.25) is 0 Å². The molecular weight excluding hydrogens is 571 g/mol. The molecule has 234 valence electrons. The molecule has 2 aromatic carbocycles. The third-order valence-corrected chi connectivity index (χ3v) is 8.81. The van der Waals surface area contributed by atoms with Gasteiger partial charge in [0.15, 0.2) is 0 Å². The van der Waals surface area contributed by atoms with E-state index in [1.165, 1.54) is 4.57 Å². The quantitative estimate of drug-likeness (QED) is 0.243. The Balaban J connectivity index is 1.24. The molecule has 2 atom stereocenters. The Morgan fingerprint density at radius 2 is 1.76 bits per heavy atom. The second-order valence-electron chi connectivity index (χ2n) is 13.4. The van der Waals surface area contributed by atoms with E-state index in [1.54, 1.807) is 37.8 Å². The number of carbonyl (C=O) groups excluding carboxylic acids is 3. The smallest absolute Gasteiger partial charge is 0.419 e. The van der Waals surface area contributed by atoms with Crippen molar-refractivity contribution in [1.82, 2.24) is 19.8 Å². The van der Waals surface area contributed by atoms with Crippen molar-refractivity contribution in [1.29, 1.82) is 0 Å². The maximum absolute atomic E-state index is 15.2. The van der Waals surface area contributed by atoms with Gasteiger partial charge in [-0.25, -0.2) is 14.3 Å². The summed E-state index contributed by atoms with van der Waals surface area (Å²) >= 11 is 0. The van der Waals surface area contributed by atoms with Crippen molar-refractivity contribution >= 4 is 28.8 Å². The van der Waals surface area contributed by atoms with Crippen LogP contribution in [0.1, 0.15) is 81.9 Å². The maximum atomic E-state index is 15.2. The summed E-state index contributed by atoms with van der Waals surface area (Å²) in [6, 6.07) is 20.7. The van der Waals surface area contributed by atoms with Crippen LogP contribution in [-0.4, -0.2) is 50.5 Å². The minimum Gasteiger partial charge on any atom is -0.443 e. The Morgan fingerprint density at radius 3 is 2.44 bits per heavy atom. The number of aromatic nitrogens is 2. The summed E-state index contributed by atoms with van der Waals surface area (Å²) in [6.07, 6.45) is 2.37. The minimum absolute atomic E-state index is 0.0766. The second-order valence-corrected chi connectivity index (χ2v) is 13.4. The van der Waals surface area contributed by atoms with Crippen molar-refractivity contribution in [2.45, 2.75) is 82.9 Å². The lowest BCUT2D eigenvalue weighted by atomic mass is 9.97. The van der Waals surface area contributed by atoms with Gasteiger partial charge in [-0.1, -0.05) is 61.5 Å². The van der Waals surface area contributed by atoms with Gasteiger partial charge in [-0.15, -0.1) is 0 Å². The molecule has 6 rings (SSSR count). The van der Waals surface area contributed by atoms with Crippen molar-refractivity contribution in [3.63, 3.8) is 0 Å². The third kappa shape index (κ3) is 6.34. The molecule has 2 fully saturated rings. The van der Waals surface area contributed by atoms with Gasteiger partial charge >= 0.3 is 6.09 Å². The zero-order valence-corrected chi connectivity index (χ0v) is 26.2. The topological polar surface area (TPSA) is 93.5 Å². The lowest BCUT2D eigenvalue weighted by molar-refractivity contribution is -0.138. The van der Waals surface area contributed by atoms with Crippen LogP contribution in [0, 0.1) is 5.95 Å². The summed E-state index contributed by atoms with van der Waals surface area (Å²) in [7, 11) is 0. The first-order valence-electron chi connectivity index (χ1n) is 15.6. The second kappa shape index (κ2) is 11.8. The molecule has 0 radical (unpaired) electrons. The summed E-state index contributed by atoms with van der Waals surface area (Å²) in [6.45, 7) is 7.83. The molecule has 0 unspecified atom stereocenters. The van der Waals surface area contributed by atoms with Gasteiger partial charge in [-0.3, -0.25) is 9.59 Å². The van der Waals surface area contributed by atoms with Crippen LogP contribution < -0.4 is 5.32 Å². The summed E-state index contributed by atoms with van der Waals surface area (Å²) in [5.74, 6) is -1.11. The highest BCUT2D eigenvalue weighted by molar-refractivity contribution is 5.94. The Bertz CT molecular complexity index is 1760. The molecule has 3 heterocycles. The molecule has 2 aliphatic rings. The normalized spacial score (nSPS) is 18.1. The molecule has 8 nitrogen and oxygen atoms in total. The van der Waals surface area contributed by atoms with Crippen LogP contribution in [0.3, 0.4) is 0 Å². The van der Waals surface area contributed by atoms with Gasteiger partial charge < -0.3 is 15.0 Å². The highest BCUT2D eigenvalue weighted by Crippen LogP contribution is 2.48. The van der Waals surface area contributed by atoms with Crippen molar-refractivity contribution in [2.75, 3.05) is 6.54 Å². The van der Waals surface area contributed by atoms with E-state index in [9.17, 15) is 14.4 Å². The van der Waals surface area contributed by atoms with Crippen LogP contribution in [0.15, 0.2) is 72.8 Å². The number of ether oxygens (including phenoxy) is 1. The molecule has 0 bridgehead atoms. The van der Waals surface area contributed by atoms with Crippen LogP contribution >= 0.6 is 0 Å². The fourth-order valence-corrected chi connectivity index (χ4v) is 6.19. The largest absolute Gasteiger partial charge is 0.443 e. The minimum atomic E-state index is -0.717. The van der Waals surface area contributed by atoms with Crippen molar-refractivity contribution in [3.05, 3.63) is 101 Å².